The molecular formula is C17H25N3O. The molecule has 1 aromatic heterocycles. The summed E-state index contributed by atoms with van der Waals surface area (Å²) in [6.07, 6.45) is 0. The highest BCUT2D eigenvalue weighted by atomic mass is 16.5. The van der Waals surface area contributed by atoms with Crippen LogP contribution in [0, 0.1) is 0 Å². The number of pyridine rings is 1. The summed E-state index contributed by atoms with van der Waals surface area (Å²) in [7, 11) is 3.68. The van der Waals surface area contributed by atoms with Crippen molar-refractivity contribution in [1.29, 1.82) is 0 Å². The first-order valence-electron chi connectivity index (χ1n) is 7.46. The fourth-order valence-electron chi connectivity index (χ4n) is 2.52. The van der Waals surface area contributed by atoms with E-state index < -0.39 is 0 Å². The molecule has 0 saturated heterocycles. The molecule has 0 bridgehead atoms. The monoisotopic (exact) mass is 287 g/mol. The van der Waals surface area contributed by atoms with E-state index in [0.717, 1.165) is 24.6 Å². The molecule has 1 N–H and O–H groups in total. The van der Waals surface area contributed by atoms with E-state index in [-0.39, 0.29) is 0 Å². The zero-order chi connectivity index (χ0) is 15.2. The Bertz CT molecular complexity index is 583. The Morgan fingerprint density at radius 2 is 2.05 bits per heavy atom. The highest BCUT2D eigenvalue weighted by Gasteiger charge is 2.16. The van der Waals surface area contributed by atoms with Crippen molar-refractivity contribution in [3.8, 4) is 0 Å². The number of nitrogens with one attached hydrogen (secondary N) is 1. The molecule has 0 spiro atoms. The first kappa shape index (κ1) is 15.7. The van der Waals surface area contributed by atoms with Crippen molar-refractivity contribution in [3.63, 3.8) is 0 Å². The molecule has 1 heterocycles. The molecule has 2 aromatic rings. The minimum absolute atomic E-state index is 0.376. The van der Waals surface area contributed by atoms with Gasteiger partial charge in [-0.05, 0) is 32.3 Å². The minimum atomic E-state index is 0.376. The van der Waals surface area contributed by atoms with Crippen LogP contribution in [-0.4, -0.2) is 38.3 Å². The second-order valence-corrected chi connectivity index (χ2v) is 5.47. The quantitative estimate of drug-likeness (QED) is 0.849. The Balaban J connectivity index is 2.52. The number of nitrogens with zero attached hydrogens (tertiary/aromatic N) is 2. The third-order valence-corrected chi connectivity index (χ3v) is 3.56. The van der Waals surface area contributed by atoms with Crippen molar-refractivity contribution >= 4 is 16.6 Å². The first-order chi connectivity index (χ1) is 10.2. The SMILES string of the molecule is CNCc1cc2ccccc2c(N(CCOC)C(C)C)n1. The van der Waals surface area contributed by atoms with Crippen LogP contribution in [0.5, 0.6) is 0 Å². The highest BCUT2D eigenvalue weighted by molar-refractivity contribution is 5.92. The molecule has 0 amide bonds. The lowest BCUT2D eigenvalue weighted by molar-refractivity contribution is 0.203. The van der Waals surface area contributed by atoms with E-state index in [4.69, 9.17) is 9.72 Å². The van der Waals surface area contributed by atoms with Crippen LogP contribution in [0.4, 0.5) is 5.82 Å². The number of benzene rings is 1. The molecule has 0 saturated carbocycles. The van der Waals surface area contributed by atoms with Crippen molar-refractivity contribution in [3.05, 3.63) is 36.0 Å². The first-order valence-corrected chi connectivity index (χ1v) is 7.46. The van der Waals surface area contributed by atoms with Crippen LogP contribution in [0.1, 0.15) is 19.5 Å². The van der Waals surface area contributed by atoms with Crippen molar-refractivity contribution in [2.45, 2.75) is 26.4 Å². The van der Waals surface area contributed by atoms with Gasteiger partial charge in [-0.25, -0.2) is 4.98 Å². The summed E-state index contributed by atoms with van der Waals surface area (Å²) >= 11 is 0. The lowest BCUT2D eigenvalue weighted by Crippen LogP contribution is -2.35. The summed E-state index contributed by atoms with van der Waals surface area (Å²) in [5.41, 5.74) is 1.06. The van der Waals surface area contributed by atoms with Gasteiger partial charge in [-0.2, -0.15) is 0 Å². The van der Waals surface area contributed by atoms with Gasteiger partial charge in [0, 0.05) is 31.6 Å². The van der Waals surface area contributed by atoms with Crippen molar-refractivity contribution < 1.29 is 4.74 Å². The Morgan fingerprint density at radius 1 is 1.29 bits per heavy atom. The summed E-state index contributed by atoms with van der Waals surface area (Å²) in [5.74, 6) is 1.05. The Hall–Kier alpha value is -1.65. The molecule has 4 heteroatoms. The van der Waals surface area contributed by atoms with Crippen LogP contribution < -0.4 is 10.2 Å². The summed E-state index contributed by atoms with van der Waals surface area (Å²) < 4.78 is 5.25. The van der Waals surface area contributed by atoms with Crippen LogP contribution >= 0.6 is 0 Å². The molecule has 114 valence electrons. The standard InChI is InChI=1S/C17H25N3O/c1-13(2)20(9-10-21-4)17-16-8-6-5-7-14(16)11-15(19-17)12-18-3/h5-8,11,13,18H,9-10,12H2,1-4H3. The van der Waals surface area contributed by atoms with E-state index in [0.29, 0.717) is 12.6 Å². The number of hydrogen-bond donors (Lipinski definition) is 1. The van der Waals surface area contributed by atoms with Gasteiger partial charge in [-0.3, -0.25) is 0 Å². The summed E-state index contributed by atoms with van der Waals surface area (Å²) in [5, 5.41) is 5.61. The smallest absolute Gasteiger partial charge is 0.137 e. The minimum Gasteiger partial charge on any atom is -0.383 e. The molecule has 0 radical (unpaired) electrons. The van der Waals surface area contributed by atoms with Gasteiger partial charge in [-0.1, -0.05) is 24.3 Å². The van der Waals surface area contributed by atoms with Gasteiger partial charge >= 0.3 is 0 Å². The van der Waals surface area contributed by atoms with Crippen LogP contribution in [0.3, 0.4) is 0 Å². The van der Waals surface area contributed by atoms with Crippen LogP contribution in [0.25, 0.3) is 10.8 Å². The van der Waals surface area contributed by atoms with Gasteiger partial charge in [0.05, 0.1) is 12.3 Å². The van der Waals surface area contributed by atoms with Gasteiger partial charge < -0.3 is 15.0 Å². The van der Waals surface area contributed by atoms with Gasteiger partial charge in [0.25, 0.3) is 0 Å². The topological polar surface area (TPSA) is 37.4 Å². The number of fused-ring (bicyclic) bond motifs is 1. The molecule has 1 aromatic carbocycles. The fourth-order valence-corrected chi connectivity index (χ4v) is 2.52. The zero-order valence-corrected chi connectivity index (χ0v) is 13.4. The lowest BCUT2D eigenvalue weighted by atomic mass is 10.1. The number of aromatic nitrogens is 1. The van der Waals surface area contributed by atoms with E-state index in [1.807, 2.05) is 7.05 Å². The van der Waals surface area contributed by atoms with Gasteiger partial charge in [0.15, 0.2) is 0 Å². The Kier molecular flexibility index (Phi) is 5.53. The molecule has 21 heavy (non-hydrogen) atoms. The van der Waals surface area contributed by atoms with E-state index in [9.17, 15) is 0 Å². The predicted molar refractivity (Wildman–Crippen MR) is 88.9 cm³/mol. The normalized spacial score (nSPS) is 11.3. The third-order valence-electron chi connectivity index (χ3n) is 3.56. The van der Waals surface area contributed by atoms with Gasteiger partial charge in [0.2, 0.25) is 0 Å². The number of anilines is 1. The number of ether oxygens (including phenoxy) is 1. The molecule has 0 aliphatic heterocycles. The van der Waals surface area contributed by atoms with Crippen molar-refractivity contribution in [2.75, 3.05) is 32.2 Å². The van der Waals surface area contributed by atoms with E-state index in [1.54, 1.807) is 7.11 Å². The summed E-state index contributed by atoms with van der Waals surface area (Å²) in [6, 6.07) is 11.0. The van der Waals surface area contributed by atoms with Crippen LogP contribution in [0.2, 0.25) is 0 Å². The maximum atomic E-state index is 5.25. The lowest BCUT2D eigenvalue weighted by Gasteiger charge is -2.29. The average molecular weight is 287 g/mol. The second kappa shape index (κ2) is 7.38. The molecule has 2 rings (SSSR count). The van der Waals surface area contributed by atoms with Crippen molar-refractivity contribution in [1.82, 2.24) is 10.3 Å². The largest absolute Gasteiger partial charge is 0.383 e. The maximum Gasteiger partial charge on any atom is 0.137 e. The Labute approximate surface area is 127 Å². The molecule has 0 fully saturated rings. The summed E-state index contributed by atoms with van der Waals surface area (Å²) in [4.78, 5) is 7.18. The molecule has 0 aliphatic carbocycles. The molecule has 4 nitrogen and oxygen atoms in total. The summed E-state index contributed by atoms with van der Waals surface area (Å²) in [6.45, 7) is 6.69. The van der Waals surface area contributed by atoms with E-state index in [1.165, 1.54) is 10.8 Å². The van der Waals surface area contributed by atoms with Crippen molar-refractivity contribution in [2.24, 2.45) is 0 Å². The van der Waals surface area contributed by atoms with E-state index in [2.05, 4.69) is 54.4 Å². The van der Waals surface area contributed by atoms with Gasteiger partial charge in [-0.15, -0.1) is 0 Å². The Morgan fingerprint density at radius 3 is 2.71 bits per heavy atom. The second-order valence-electron chi connectivity index (χ2n) is 5.47. The molecule has 0 unspecified atom stereocenters. The number of methoxy groups -OCH3 is 1. The number of rotatable bonds is 7. The van der Waals surface area contributed by atoms with Crippen LogP contribution in [0.15, 0.2) is 30.3 Å². The molecule has 0 atom stereocenters. The highest BCUT2D eigenvalue weighted by Crippen LogP contribution is 2.27. The fraction of sp³-hybridized carbons (Fsp3) is 0.471. The average Bonchev–Trinajstić information content (AvgIpc) is 2.47. The maximum absolute atomic E-state index is 5.25. The third kappa shape index (κ3) is 3.71. The molecular weight excluding hydrogens is 262 g/mol. The van der Waals surface area contributed by atoms with Crippen LogP contribution in [-0.2, 0) is 11.3 Å². The van der Waals surface area contributed by atoms with Gasteiger partial charge in [0.1, 0.15) is 5.82 Å². The number of hydrogen-bond acceptors (Lipinski definition) is 4. The zero-order valence-electron chi connectivity index (χ0n) is 13.4. The van der Waals surface area contributed by atoms with E-state index >= 15 is 0 Å². The predicted octanol–water partition coefficient (Wildman–Crippen LogP) is 2.82. The molecule has 0 aliphatic rings.